The van der Waals surface area contributed by atoms with E-state index in [2.05, 4.69) is 29.3 Å². The lowest BCUT2D eigenvalue weighted by molar-refractivity contribution is 0.127. The second-order valence-electron chi connectivity index (χ2n) is 6.14. The third-order valence-corrected chi connectivity index (χ3v) is 4.35. The smallest absolute Gasteiger partial charge is 0.321 e. The number of urea groups is 1. The Bertz CT molecular complexity index is 468. The molecule has 2 N–H and O–H groups in total. The van der Waals surface area contributed by atoms with Crippen molar-refractivity contribution >= 4 is 11.7 Å². The van der Waals surface area contributed by atoms with Gasteiger partial charge in [-0.05, 0) is 30.5 Å². The number of amides is 2. The Balaban J connectivity index is 1.77. The highest BCUT2D eigenvalue weighted by Gasteiger charge is 2.20. The van der Waals surface area contributed by atoms with E-state index in [1.807, 2.05) is 17.0 Å². The minimum Gasteiger partial charge on any atom is -0.395 e. The number of carbonyl (C=O) groups is 1. The third-order valence-electron chi connectivity index (χ3n) is 4.35. The first-order chi connectivity index (χ1) is 11.2. The highest BCUT2D eigenvalue weighted by atomic mass is 16.3. The van der Waals surface area contributed by atoms with Crippen molar-refractivity contribution in [2.45, 2.75) is 32.6 Å². The summed E-state index contributed by atoms with van der Waals surface area (Å²) >= 11 is 0. The topological polar surface area (TPSA) is 55.8 Å². The number of benzene rings is 1. The van der Waals surface area contributed by atoms with Gasteiger partial charge < -0.3 is 15.3 Å². The Kier molecular flexibility index (Phi) is 7.36. The van der Waals surface area contributed by atoms with E-state index in [-0.39, 0.29) is 12.6 Å². The van der Waals surface area contributed by atoms with Gasteiger partial charge in [-0.3, -0.25) is 4.90 Å². The Labute approximate surface area is 139 Å². The van der Waals surface area contributed by atoms with E-state index in [1.54, 1.807) is 0 Å². The van der Waals surface area contributed by atoms with Crippen LogP contribution in [-0.4, -0.2) is 60.3 Å². The number of aliphatic hydroxyl groups is 1. The quantitative estimate of drug-likeness (QED) is 0.760. The SMILES string of the molecule is CCCCCc1ccc(NC(=O)N2CCN(CCO)CC2)cc1. The summed E-state index contributed by atoms with van der Waals surface area (Å²) in [5.41, 5.74) is 2.18. The number of hydrogen-bond donors (Lipinski definition) is 2. The molecular weight excluding hydrogens is 290 g/mol. The number of rotatable bonds is 7. The van der Waals surface area contributed by atoms with Gasteiger partial charge in [-0.2, -0.15) is 0 Å². The molecule has 1 fully saturated rings. The van der Waals surface area contributed by atoms with Crippen molar-refractivity contribution in [1.82, 2.24) is 9.80 Å². The van der Waals surface area contributed by atoms with Crippen LogP contribution in [0.2, 0.25) is 0 Å². The van der Waals surface area contributed by atoms with Crippen molar-refractivity contribution in [3.8, 4) is 0 Å². The molecule has 5 nitrogen and oxygen atoms in total. The van der Waals surface area contributed by atoms with Gasteiger partial charge in [0.2, 0.25) is 0 Å². The lowest BCUT2D eigenvalue weighted by atomic mass is 10.1. The largest absolute Gasteiger partial charge is 0.395 e. The van der Waals surface area contributed by atoms with E-state index < -0.39 is 0 Å². The second kappa shape index (κ2) is 9.53. The Morgan fingerprint density at radius 1 is 1.13 bits per heavy atom. The Hall–Kier alpha value is -1.59. The van der Waals surface area contributed by atoms with E-state index in [0.717, 1.165) is 25.2 Å². The number of unbranched alkanes of at least 4 members (excludes halogenated alkanes) is 2. The first kappa shape index (κ1) is 17.8. The molecule has 0 saturated carbocycles. The van der Waals surface area contributed by atoms with Crippen LogP contribution in [0.4, 0.5) is 10.5 Å². The number of hydrogen-bond acceptors (Lipinski definition) is 3. The molecular formula is C18H29N3O2. The van der Waals surface area contributed by atoms with Crippen molar-refractivity contribution < 1.29 is 9.90 Å². The van der Waals surface area contributed by atoms with Crippen LogP contribution >= 0.6 is 0 Å². The Morgan fingerprint density at radius 3 is 2.43 bits per heavy atom. The molecule has 0 aromatic heterocycles. The summed E-state index contributed by atoms with van der Waals surface area (Å²) in [6.45, 7) is 6.14. The fraction of sp³-hybridized carbons (Fsp3) is 0.611. The zero-order chi connectivity index (χ0) is 16.5. The van der Waals surface area contributed by atoms with E-state index in [4.69, 9.17) is 5.11 Å². The molecule has 2 amide bonds. The molecule has 5 heteroatoms. The summed E-state index contributed by atoms with van der Waals surface area (Å²) in [6, 6.07) is 8.14. The number of carbonyl (C=O) groups excluding carboxylic acids is 1. The van der Waals surface area contributed by atoms with Gasteiger partial charge in [-0.15, -0.1) is 0 Å². The lowest BCUT2D eigenvalue weighted by Gasteiger charge is -2.34. The molecule has 1 saturated heterocycles. The molecule has 0 spiro atoms. The molecule has 1 aliphatic rings. The maximum absolute atomic E-state index is 12.3. The van der Waals surface area contributed by atoms with Crippen molar-refractivity contribution in [1.29, 1.82) is 0 Å². The average Bonchev–Trinajstić information content (AvgIpc) is 2.57. The fourth-order valence-corrected chi connectivity index (χ4v) is 2.85. The molecule has 0 bridgehead atoms. The van der Waals surface area contributed by atoms with Gasteiger partial charge in [0.25, 0.3) is 0 Å². The van der Waals surface area contributed by atoms with E-state index in [9.17, 15) is 4.79 Å². The van der Waals surface area contributed by atoms with Gasteiger partial charge >= 0.3 is 6.03 Å². The summed E-state index contributed by atoms with van der Waals surface area (Å²) in [5, 5.41) is 11.9. The monoisotopic (exact) mass is 319 g/mol. The van der Waals surface area contributed by atoms with Crippen LogP contribution in [-0.2, 0) is 6.42 Å². The lowest BCUT2D eigenvalue weighted by Crippen LogP contribution is -2.50. The molecule has 1 aromatic carbocycles. The molecule has 0 radical (unpaired) electrons. The fourth-order valence-electron chi connectivity index (χ4n) is 2.85. The van der Waals surface area contributed by atoms with Crippen LogP contribution in [0.1, 0.15) is 31.7 Å². The second-order valence-corrected chi connectivity index (χ2v) is 6.14. The van der Waals surface area contributed by atoms with Gasteiger partial charge in [0.05, 0.1) is 6.61 Å². The van der Waals surface area contributed by atoms with E-state index in [0.29, 0.717) is 19.6 Å². The van der Waals surface area contributed by atoms with Crippen LogP contribution in [0, 0.1) is 0 Å². The number of nitrogens with zero attached hydrogens (tertiary/aromatic N) is 2. The first-order valence-corrected chi connectivity index (χ1v) is 8.71. The zero-order valence-electron chi connectivity index (χ0n) is 14.1. The molecule has 0 unspecified atom stereocenters. The molecule has 2 rings (SSSR count). The third kappa shape index (κ3) is 5.84. The Morgan fingerprint density at radius 2 is 1.83 bits per heavy atom. The number of anilines is 1. The summed E-state index contributed by atoms with van der Waals surface area (Å²) in [7, 11) is 0. The first-order valence-electron chi connectivity index (χ1n) is 8.71. The molecule has 1 aliphatic heterocycles. The van der Waals surface area contributed by atoms with Crippen molar-refractivity contribution in [3.05, 3.63) is 29.8 Å². The minimum atomic E-state index is -0.0348. The molecule has 1 aromatic rings. The maximum atomic E-state index is 12.3. The number of aliphatic hydroxyl groups excluding tert-OH is 1. The van der Waals surface area contributed by atoms with Crippen molar-refractivity contribution in [3.63, 3.8) is 0 Å². The maximum Gasteiger partial charge on any atom is 0.321 e. The standard InChI is InChI=1S/C18H29N3O2/c1-2-3-4-5-16-6-8-17(9-7-16)19-18(23)21-12-10-20(11-13-21)14-15-22/h6-9,22H,2-5,10-15H2,1H3,(H,19,23). The van der Waals surface area contributed by atoms with Crippen LogP contribution in [0.25, 0.3) is 0 Å². The van der Waals surface area contributed by atoms with Crippen LogP contribution in [0.5, 0.6) is 0 Å². The summed E-state index contributed by atoms with van der Waals surface area (Å²) in [4.78, 5) is 16.3. The molecule has 0 atom stereocenters. The number of aryl methyl sites for hydroxylation is 1. The number of piperazine rings is 1. The number of nitrogens with one attached hydrogen (secondary N) is 1. The summed E-state index contributed by atoms with van der Waals surface area (Å²) in [5.74, 6) is 0. The average molecular weight is 319 g/mol. The van der Waals surface area contributed by atoms with Crippen molar-refractivity contribution in [2.24, 2.45) is 0 Å². The predicted molar refractivity (Wildman–Crippen MR) is 93.8 cm³/mol. The predicted octanol–water partition coefficient (Wildman–Crippen LogP) is 2.56. The van der Waals surface area contributed by atoms with Crippen LogP contribution in [0.15, 0.2) is 24.3 Å². The molecule has 1 heterocycles. The van der Waals surface area contributed by atoms with Crippen molar-refractivity contribution in [2.75, 3.05) is 44.6 Å². The van der Waals surface area contributed by atoms with Crippen LogP contribution in [0.3, 0.4) is 0 Å². The highest BCUT2D eigenvalue weighted by molar-refractivity contribution is 5.89. The van der Waals surface area contributed by atoms with Gasteiger partial charge in [-0.25, -0.2) is 4.79 Å². The van der Waals surface area contributed by atoms with Gasteiger partial charge in [0.1, 0.15) is 0 Å². The highest BCUT2D eigenvalue weighted by Crippen LogP contribution is 2.13. The van der Waals surface area contributed by atoms with Gasteiger partial charge in [0, 0.05) is 38.4 Å². The summed E-state index contributed by atoms with van der Waals surface area (Å²) < 4.78 is 0. The molecule has 128 valence electrons. The van der Waals surface area contributed by atoms with Crippen LogP contribution < -0.4 is 5.32 Å². The molecule has 0 aliphatic carbocycles. The minimum absolute atomic E-state index is 0.0348. The van der Waals surface area contributed by atoms with Gasteiger partial charge in [0.15, 0.2) is 0 Å². The molecule has 23 heavy (non-hydrogen) atoms. The normalized spacial score (nSPS) is 15.7. The van der Waals surface area contributed by atoms with E-state index >= 15 is 0 Å². The summed E-state index contributed by atoms with van der Waals surface area (Å²) in [6.07, 6.45) is 4.83. The zero-order valence-corrected chi connectivity index (χ0v) is 14.1. The number of β-amino-alcohol motifs (C(OH)–C–C–N with tert-alkyl or cyclic N) is 1. The van der Waals surface area contributed by atoms with E-state index in [1.165, 1.54) is 24.8 Å². The van der Waals surface area contributed by atoms with Gasteiger partial charge in [-0.1, -0.05) is 31.9 Å².